The monoisotopic (exact) mass is 271 g/mol. The highest BCUT2D eigenvalue weighted by Gasteiger charge is 2.21. The summed E-state index contributed by atoms with van der Waals surface area (Å²) in [6.45, 7) is 6.64. The van der Waals surface area contributed by atoms with E-state index in [1.165, 1.54) is 0 Å². The Balaban J connectivity index is 2.57. The molecule has 4 heteroatoms. The van der Waals surface area contributed by atoms with Crippen LogP contribution in [0.5, 0.6) is 0 Å². The molecule has 1 aromatic heterocycles. The van der Waals surface area contributed by atoms with Gasteiger partial charge in [0.2, 0.25) is 0 Å². The van der Waals surface area contributed by atoms with E-state index >= 15 is 0 Å². The van der Waals surface area contributed by atoms with Gasteiger partial charge in [-0.1, -0.05) is 32.0 Å². The minimum atomic E-state index is -0.0246. The number of hydrogen-bond donors (Lipinski definition) is 1. The molecule has 1 amide bonds. The van der Waals surface area contributed by atoms with Gasteiger partial charge in [-0.05, 0) is 31.9 Å². The van der Waals surface area contributed by atoms with E-state index in [2.05, 4.69) is 17.3 Å². The summed E-state index contributed by atoms with van der Waals surface area (Å²) in [6.07, 6.45) is 1.52. The van der Waals surface area contributed by atoms with Gasteiger partial charge in [0.15, 0.2) is 0 Å². The van der Waals surface area contributed by atoms with Crippen molar-refractivity contribution in [3.05, 3.63) is 47.3 Å². The third kappa shape index (κ3) is 2.59. The van der Waals surface area contributed by atoms with Crippen LogP contribution in [0.2, 0.25) is 0 Å². The van der Waals surface area contributed by atoms with E-state index in [0.29, 0.717) is 6.54 Å². The van der Waals surface area contributed by atoms with Gasteiger partial charge >= 0.3 is 0 Å². The number of nitrogens with zero attached hydrogens (tertiary/aromatic N) is 2. The smallest absolute Gasteiger partial charge is 0.255 e. The summed E-state index contributed by atoms with van der Waals surface area (Å²) in [5.74, 6) is -0.0246. The van der Waals surface area contributed by atoms with E-state index in [0.717, 1.165) is 35.5 Å². The molecule has 1 aromatic carbocycles. The van der Waals surface area contributed by atoms with Gasteiger partial charge in [0.05, 0.1) is 22.6 Å². The molecule has 1 N–H and O–H groups in total. The molecule has 0 bridgehead atoms. The highest BCUT2D eigenvalue weighted by molar-refractivity contribution is 5.96. The average Bonchev–Trinajstić information content (AvgIpc) is 2.87. The third-order valence-corrected chi connectivity index (χ3v) is 3.29. The summed E-state index contributed by atoms with van der Waals surface area (Å²) in [4.78, 5) is 12.3. The van der Waals surface area contributed by atoms with Crippen LogP contribution in [-0.4, -0.2) is 22.2 Å². The van der Waals surface area contributed by atoms with Gasteiger partial charge < -0.3 is 5.32 Å². The molecule has 0 aliphatic carbocycles. The van der Waals surface area contributed by atoms with Crippen LogP contribution in [0.15, 0.2) is 30.3 Å². The molecule has 4 nitrogen and oxygen atoms in total. The van der Waals surface area contributed by atoms with E-state index < -0.39 is 0 Å². The second-order valence-electron chi connectivity index (χ2n) is 4.58. The third-order valence-electron chi connectivity index (χ3n) is 3.29. The first-order chi connectivity index (χ1) is 9.72. The molecule has 0 saturated heterocycles. The van der Waals surface area contributed by atoms with E-state index in [1.54, 1.807) is 0 Å². The van der Waals surface area contributed by atoms with Crippen molar-refractivity contribution in [3.8, 4) is 5.69 Å². The Morgan fingerprint density at radius 3 is 2.40 bits per heavy atom. The fraction of sp³-hybridized carbons (Fsp3) is 0.375. The largest absolute Gasteiger partial charge is 0.352 e. The molecule has 0 spiro atoms. The van der Waals surface area contributed by atoms with Crippen molar-refractivity contribution >= 4 is 5.91 Å². The van der Waals surface area contributed by atoms with Crippen molar-refractivity contribution in [2.45, 2.75) is 33.6 Å². The second kappa shape index (κ2) is 6.37. The van der Waals surface area contributed by atoms with Crippen LogP contribution in [0.4, 0.5) is 0 Å². The zero-order chi connectivity index (χ0) is 14.5. The van der Waals surface area contributed by atoms with Gasteiger partial charge in [0.25, 0.3) is 5.91 Å². The topological polar surface area (TPSA) is 46.9 Å². The SMILES string of the molecule is CCNC(=O)c1c(CC)nn(-c2ccccc2)c1CC. The number of hydrogen-bond acceptors (Lipinski definition) is 2. The maximum atomic E-state index is 12.3. The Hall–Kier alpha value is -2.10. The zero-order valence-electron chi connectivity index (χ0n) is 12.3. The number of carbonyl (C=O) groups is 1. The lowest BCUT2D eigenvalue weighted by molar-refractivity contribution is 0.0954. The van der Waals surface area contributed by atoms with Crippen LogP contribution in [0.25, 0.3) is 5.69 Å². The quantitative estimate of drug-likeness (QED) is 0.909. The first-order valence-electron chi connectivity index (χ1n) is 7.17. The Kier molecular flexibility index (Phi) is 4.56. The van der Waals surface area contributed by atoms with Gasteiger partial charge in [-0.2, -0.15) is 5.10 Å². The number of amides is 1. The van der Waals surface area contributed by atoms with Gasteiger partial charge in [0.1, 0.15) is 0 Å². The summed E-state index contributed by atoms with van der Waals surface area (Å²) in [6, 6.07) is 9.95. The molecule has 20 heavy (non-hydrogen) atoms. The molecular formula is C16H21N3O. The predicted molar refractivity (Wildman–Crippen MR) is 80.3 cm³/mol. The lowest BCUT2D eigenvalue weighted by Crippen LogP contribution is -2.24. The Labute approximate surface area is 119 Å². The van der Waals surface area contributed by atoms with Crippen molar-refractivity contribution in [1.29, 1.82) is 0 Å². The normalized spacial score (nSPS) is 10.6. The molecule has 2 rings (SSSR count). The summed E-state index contributed by atoms with van der Waals surface area (Å²) in [5.41, 5.74) is 3.56. The molecular weight excluding hydrogens is 250 g/mol. The fourth-order valence-electron chi connectivity index (χ4n) is 2.37. The summed E-state index contributed by atoms with van der Waals surface area (Å²) in [5, 5.41) is 7.51. The van der Waals surface area contributed by atoms with Crippen molar-refractivity contribution in [2.24, 2.45) is 0 Å². The minimum absolute atomic E-state index is 0.0246. The highest BCUT2D eigenvalue weighted by atomic mass is 16.1. The van der Waals surface area contributed by atoms with E-state index in [-0.39, 0.29) is 5.91 Å². The molecule has 2 aromatic rings. The number of nitrogens with one attached hydrogen (secondary N) is 1. The van der Waals surface area contributed by atoms with Gasteiger partial charge in [0, 0.05) is 6.54 Å². The minimum Gasteiger partial charge on any atom is -0.352 e. The molecule has 0 radical (unpaired) electrons. The van der Waals surface area contributed by atoms with E-state index in [1.807, 2.05) is 48.9 Å². The first-order valence-corrected chi connectivity index (χ1v) is 7.17. The molecule has 0 aliphatic rings. The van der Waals surface area contributed by atoms with Crippen molar-refractivity contribution in [1.82, 2.24) is 15.1 Å². The predicted octanol–water partition coefficient (Wildman–Crippen LogP) is 2.75. The number of aryl methyl sites for hydroxylation is 1. The number of aromatic nitrogens is 2. The number of carbonyl (C=O) groups excluding carboxylic acids is 1. The van der Waals surface area contributed by atoms with Crippen molar-refractivity contribution < 1.29 is 4.79 Å². The summed E-state index contributed by atoms with van der Waals surface area (Å²) in [7, 11) is 0. The maximum Gasteiger partial charge on any atom is 0.255 e. The van der Waals surface area contributed by atoms with Crippen molar-refractivity contribution in [2.75, 3.05) is 6.54 Å². The number of benzene rings is 1. The van der Waals surface area contributed by atoms with Gasteiger partial charge in [-0.25, -0.2) is 4.68 Å². The van der Waals surface area contributed by atoms with Crippen LogP contribution in [0.3, 0.4) is 0 Å². The van der Waals surface area contributed by atoms with E-state index in [9.17, 15) is 4.79 Å². The zero-order valence-corrected chi connectivity index (χ0v) is 12.3. The lowest BCUT2D eigenvalue weighted by atomic mass is 10.1. The van der Waals surface area contributed by atoms with Crippen molar-refractivity contribution in [3.63, 3.8) is 0 Å². The number of para-hydroxylation sites is 1. The standard InChI is InChI=1S/C16H21N3O/c1-4-13-15(16(20)17-6-3)14(5-2)19(18-13)12-10-8-7-9-11-12/h7-11H,4-6H2,1-3H3,(H,17,20). The second-order valence-corrected chi connectivity index (χ2v) is 4.58. The first kappa shape index (κ1) is 14.3. The summed E-state index contributed by atoms with van der Waals surface area (Å²) < 4.78 is 1.89. The molecule has 0 saturated carbocycles. The molecule has 0 aliphatic heterocycles. The Morgan fingerprint density at radius 2 is 1.85 bits per heavy atom. The van der Waals surface area contributed by atoms with Gasteiger partial charge in [-0.3, -0.25) is 4.79 Å². The lowest BCUT2D eigenvalue weighted by Gasteiger charge is -2.07. The highest BCUT2D eigenvalue weighted by Crippen LogP contribution is 2.20. The molecule has 0 fully saturated rings. The van der Waals surface area contributed by atoms with Crippen LogP contribution in [0.1, 0.15) is 42.5 Å². The van der Waals surface area contributed by atoms with Gasteiger partial charge in [-0.15, -0.1) is 0 Å². The van der Waals surface area contributed by atoms with Crippen LogP contribution >= 0.6 is 0 Å². The maximum absolute atomic E-state index is 12.3. The van der Waals surface area contributed by atoms with E-state index in [4.69, 9.17) is 0 Å². The Morgan fingerprint density at radius 1 is 1.15 bits per heavy atom. The molecule has 0 unspecified atom stereocenters. The number of rotatable bonds is 5. The summed E-state index contributed by atoms with van der Waals surface area (Å²) >= 11 is 0. The van der Waals surface area contributed by atoms with Crippen LogP contribution < -0.4 is 5.32 Å². The fourth-order valence-corrected chi connectivity index (χ4v) is 2.37. The average molecular weight is 271 g/mol. The van der Waals surface area contributed by atoms with Crippen LogP contribution in [-0.2, 0) is 12.8 Å². The molecule has 106 valence electrons. The van der Waals surface area contributed by atoms with Crippen LogP contribution in [0, 0.1) is 0 Å². The molecule has 1 heterocycles. The molecule has 0 atom stereocenters. The Bertz CT molecular complexity index is 587.